The number of hydrogen-bond donors (Lipinski definition) is 1. The summed E-state index contributed by atoms with van der Waals surface area (Å²) in [6.45, 7) is 0. The van der Waals surface area contributed by atoms with Crippen LogP contribution >= 0.6 is 0 Å². The van der Waals surface area contributed by atoms with E-state index >= 15 is 0 Å². The Hall–Kier alpha value is -1.31. The van der Waals surface area contributed by atoms with Crippen LogP contribution in [0.2, 0.25) is 0 Å². The molecule has 0 aromatic rings. The number of rotatable bonds is 0. The molecule has 0 radical (unpaired) electrons. The molecule has 32 valence electrons. The molecule has 5 nitrogen and oxygen atoms in total. The van der Waals surface area contributed by atoms with Crippen molar-refractivity contribution in [2.45, 2.75) is 0 Å². The highest BCUT2D eigenvalue weighted by atomic mass is 16.1. The Labute approximate surface area is 33.5 Å². The maximum Gasteiger partial charge on any atom is 0.420 e. The maximum absolute atomic E-state index is 8.46. The first-order valence-electron chi connectivity index (χ1n) is 0.893. The van der Waals surface area contributed by atoms with E-state index in [9.17, 15) is 0 Å². The number of isocyanates is 1. The van der Waals surface area contributed by atoms with Gasteiger partial charge in [0.2, 0.25) is 0 Å². The molecule has 0 aliphatic heterocycles. The molecule has 0 aliphatic rings. The molecule has 0 saturated heterocycles. The van der Waals surface area contributed by atoms with E-state index in [0.29, 0.717) is 0 Å². The van der Waals surface area contributed by atoms with Crippen molar-refractivity contribution in [3.8, 4) is 0 Å². The van der Waals surface area contributed by atoms with Crippen LogP contribution in [0, 0.1) is 0 Å². The Balaban J connectivity index is 0. The van der Waals surface area contributed by atoms with Crippen LogP contribution in [0.3, 0.4) is 0 Å². The molecule has 0 aliphatic carbocycles. The van der Waals surface area contributed by atoms with Gasteiger partial charge >= 0.3 is 6.08 Å². The second-order valence-corrected chi connectivity index (χ2v) is 0.207. The minimum Gasteiger partial charge on any atom is -0.373 e. The Kier molecular flexibility index (Phi) is 82.5. The highest BCUT2D eigenvalue weighted by molar-refractivity contribution is 5.21. The van der Waals surface area contributed by atoms with Crippen molar-refractivity contribution < 1.29 is 10.2 Å². The van der Waals surface area contributed by atoms with Crippen molar-refractivity contribution >= 4 is 6.08 Å². The maximum atomic E-state index is 8.46. The molecule has 0 bridgehead atoms. The van der Waals surface area contributed by atoms with Crippen molar-refractivity contribution in [2.24, 2.45) is 0 Å². The van der Waals surface area contributed by atoms with Crippen LogP contribution in [0.4, 0.5) is 0 Å². The molecule has 6 heavy (non-hydrogen) atoms. The number of carbonyl (C=O) groups excluding carboxylic acids is 1. The Morgan fingerprint density at radius 3 is 1.67 bits per heavy atom. The highest BCUT2D eigenvalue weighted by Crippen LogP contribution is 1.29. The van der Waals surface area contributed by atoms with Gasteiger partial charge in [0.05, 0.1) is 0 Å². The van der Waals surface area contributed by atoms with Gasteiger partial charge in [0.25, 0.3) is 0 Å². The lowest BCUT2D eigenvalue weighted by Gasteiger charge is -1.31. The summed E-state index contributed by atoms with van der Waals surface area (Å²) in [5, 5.41) is 4.04. The average Bonchev–Trinajstić information content (AvgIpc) is 1.39. The summed E-state index contributed by atoms with van der Waals surface area (Å²) in [5.41, 5.74) is 13.5. The zero-order valence-electron chi connectivity index (χ0n) is 2.83. The van der Waals surface area contributed by atoms with Crippen molar-refractivity contribution in [1.29, 1.82) is 0 Å². The van der Waals surface area contributed by atoms with Gasteiger partial charge in [-0.3, -0.25) is 4.91 Å². The molecule has 0 saturated carbocycles. The lowest BCUT2D eigenvalue weighted by atomic mass is 11.7. The molecule has 0 atom stereocenters. The smallest absolute Gasteiger partial charge is 0.373 e. The zero-order chi connectivity index (χ0) is 5.41. The Morgan fingerprint density at radius 2 is 1.67 bits per heavy atom. The number of hydrogen-bond acceptors (Lipinski definition) is 1. The fraction of sp³-hybridized carbons (Fsp3) is 0. The fourth-order valence-electron chi connectivity index (χ4n) is 0. The van der Waals surface area contributed by atoms with Crippen LogP contribution in [0.1, 0.15) is 0 Å². The first-order valence-corrected chi connectivity index (χ1v) is 0.893. The predicted molar refractivity (Wildman–Crippen MR) is 17.7 cm³/mol. The fourth-order valence-corrected chi connectivity index (χ4v) is 0. The molecule has 5 heteroatoms. The quantitative estimate of drug-likeness (QED) is 0.131. The van der Waals surface area contributed by atoms with Crippen molar-refractivity contribution in [3.05, 3.63) is 16.0 Å². The van der Waals surface area contributed by atoms with Gasteiger partial charge in [0.15, 0.2) is 0 Å². The summed E-state index contributed by atoms with van der Waals surface area (Å²) in [6.07, 6.45) is 1.00. The van der Waals surface area contributed by atoms with Gasteiger partial charge in [-0.25, -0.2) is 0 Å². The second kappa shape index (κ2) is 56.1. The second-order valence-electron chi connectivity index (χ2n) is 0.207. The van der Waals surface area contributed by atoms with Crippen LogP contribution in [0.25, 0.3) is 16.0 Å². The first kappa shape index (κ1) is 8.83. The van der Waals surface area contributed by atoms with Gasteiger partial charge in [0, 0.05) is 0 Å². The van der Waals surface area contributed by atoms with Gasteiger partial charge in [-0.15, -0.1) is 0 Å². The third-order valence-electron chi connectivity index (χ3n) is 0. The number of nitrogens with two attached hydrogens (primary N) is 1. The van der Waals surface area contributed by atoms with E-state index < -0.39 is 0 Å². The van der Waals surface area contributed by atoms with Gasteiger partial charge in [-0.2, -0.15) is 10.2 Å². The van der Waals surface area contributed by atoms with E-state index in [2.05, 4.69) is 5.41 Å². The van der Waals surface area contributed by atoms with Crippen molar-refractivity contribution in [1.82, 2.24) is 0 Å². The molecule has 0 rings (SSSR count). The van der Waals surface area contributed by atoms with Gasteiger partial charge < -0.3 is 11.1 Å². The zero-order valence-corrected chi connectivity index (χ0v) is 2.83. The van der Waals surface area contributed by atoms with Crippen molar-refractivity contribution in [3.63, 3.8) is 0 Å². The van der Waals surface area contributed by atoms with Gasteiger partial charge in [-0.05, 0) is 0 Å². The van der Waals surface area contributed by atoms with Crippen molar-refractivity contribution in [2.75, 3.05) is 0 Å². The molecule has 0 amide bonds. The monoisotopic (exact) mass is 86.0 g/mol. The lowest BCUT2D eigenvalue weighted by molar-refractivity contribution is -0.111. The SMILES string of the molecule is [N-]=[N+]=[N-].[NH2+]=C=O. The van der Waals surface area contributed by atoms with E-state index in [0.717, 1.165) is 6.08 Å². The van der Waals surface area contributed by atoms with E-state index in [1.807, 2.05) is 0 Å². The molecule has 0 aromatic heterocycles. The molecule has 0 aromatic carbocycles. The standard InChI is InChI=1S/CHNO.N3/c2-1-3;1-3-2/h2H;/q;-1/p+1. The third kappa shape index (κ3) is 4.48. The Morgan fingerprint density at radius 1 is 1.67 bits per heavy atom. The third-order valence-corrected chi connectivity index (χ3v) is 0. The summed E-state index contributed by atoms with van der Waals surface area (Å²) in [6, 6.07) is 0. The Bertz CT molecular complexity index is 61.5. The van der Waals surface area contributed by atoms with E-state index in [4.69, 9.17) is 15.9 Å². The van der Waals surface area contributed by atoms with Crippen LogP contribution in [-0.4, -0.2) is 6.08 Å². The summed E-state index contributed by atoms with van der Waals surface area (Å²) < 4.78 is 0. The summed E-state index contributed by atoms with van der Waals surface area (Å²) in [5.74, 6) is 0. The summed E-state index contributed by atoms with van der Waals surface area (Å²) >= 11 is 0. The molecule has 2 N–H and O–H groups in total. The molecule has 0 spiro atoms. The normalized spacial score (nSPS) is 2.67. The molecular weight excluding hydrogens is 84.0 g/mol. The molecule has 0 unspecified atom stereocenters. The average molecular weight is 86.1 g/mol. The largest absolute Gasteiger partial charge is 0.420 e. The van der Waals surface area contributed by atoms with Gasteiger partial charge in [0.1, 0.15) is 0 Å². The van der Waals surface area contributed by atoms with Crippen LogP contribution < -0.4 is 5.41 Å². The molecular formula is CH2N4O. The lowest BCUT2D eigenvalue weighted by Crippen LogP contribution is -2.24. The number of nitrogens with zero attached hydrogens (tertiary/aromatic N) is 3. The predicted octanol–water partition coefficient (Wildman–Crippen LogP) is -1.05. The first-order chi connectivity index (χ1) is 2.83. The van der Waals surface area contributed by atoms with E-state index in [1.54, 1.807) is 0 Å². The van der Waals surface area contributed by atoms with E-state index in [-0.39, 0.29) is 0 Å². The van der Waals surface area contributed by atoms with Crippen LogP contribution in [-0.2, 0) is 4.79 Å². The van der Waals surface area contributed by atoms with Gasteiger partial charge in [-0.1, -0.05) is 0 Å². The van der Waals surface area contributed by atoms with Crippen LogP contribution in [0.15, 0.2) is 0 Å². The highest BCUT2D eigenvalue weighted by Gasteiger charge is 1.17. The molecule has 0 fully saturated rings. The summed E-state index contributed by atoms with van der Waals surface area (Å²) in [7, 11) is 0. The minimum absolute atomic E-state index is 1.00. The van der Waals surface area contributed by atoms with E-state index in [1.165, 1.54) is 4.91 Å². The van der Waals surface area contributed by atoms with Crippen LogP contribution in [0.5, 0.6) is 0 Å². The summed E-state index contributed by atoms with van der Waals surface area (Å²) in [4.78, 5) is 9.96. The minimum atomic E-state index is 1.00. The molecule has 0 heterocycles. The topological polar surface area (TPSA) is 101 Å².